The lowest BCUT2D eigenvalue weighted by molar-refractivity contribution is 0.412. The maximum Gasteiger partial charge on any atom is 0.159 e. The van der Waals surface area contributed by atoms with Crippen molar-refractivity contribution < 1.29 is 14.2 Å². The van der Waals surface area contributed by atoms with E-state index < -0.39 is 0 Å². The summed E-state index contributed by atoms with van der Waals surface area (Å²) in [4.78, 5) is 4.54. The molecule has 3 rings (SSSR count). The smallest absolute Gasteiger partial charge is 0.159 e. The Kier molecular flexibility index (Phi) is 3.93. The van der Waals surface area contributed by atoms with E-state index in [2.05, 4.69) is 4.98 Å². The molecule has 0 fully saturated rings. The molecule has 0 saturated heterocycles. The van der Waals surface area contributed by atoms with E-state index in [1.165, 1.54) is 0 Å². The first-order valence-corrected chi connectivity index (χ1v) is 7.18. The molecule has 1 heterocycles. The van der Waals surface area contributed by atoms with Crippen LogP contribution < -0.4 is 19.9 Å². The van der Waals surface area contributed by atoms with Crippen LogP contribution in [0.15, 0.2) is 42.5 Å². The molecule has 2 aromatic carbocycles. The molecule has 0 bridgehead atoms. The molecule has 0 spiro atoms. The minimum absolute atomic E-state index is 0.496. The van der Waals surface area contributed by atoms with Crippen LogP contribution in [0.25, 0.3) is 10.9 Å². The van der Waals surface area contributed by atoms with E-state index in [9.17, 15) is 0 Å². The van der Waals surface area contributed by atoms with Crippen molar-refractivity contribution in [2.75, 3.05) is 20.0 Å². The topological polar surface area (TPSA) is 66.6 Å². The van der Waals surface area contributed by atoms with Crippen LogP contribution in [-0.2, 0) is 0 Å². The van der Waals surface area contributed by atoms with Gasteiger partial charge < -0.3 is 19.9 Å². The van der Waals surface area contributed by atoms with Crippen LogP contribution in [0.4, 0.5) is 5.69 Å². The Morgan fingerprint density at radius 3 is 2.26 bits per heavy atom. The van der Waals surface area contributed by atoms with Crippen LogP contribution >= 0.6 is 0 Å². The number of aryl methyl sites for hydroxylation is 1. The van der Waals surface area contributed by atoms with Gasteiger partial charge in [-0.2, -0.15) is 0 Å². The van der Waals surface area contributed by atoms with E-state index in [0.717, 1.165) is 22.3 Å². The van der Waals surface area contributed by atoms with Gasteiger partial charge in [0.1, 0.15) is 22.8 Å². The highest BCUT2D eigenvalue weighted by molar-refractivity contribution is 5.95. The Hall–Kier alpha value is -2.95. The molecule has 0 amide bonds. The highest BCUT2D eigenvalue weighted by atomic mass is 16.5. The second-order valence-corrected chi connectivity index (χ2v) is 5.12. The maximum atomic E-state index is 6.15. The molecule has 3 aromatic rings. The zero-order chi connectivity index (χ0) is 16.4. The largest absolute Gasteiger partial charge is 0.497 e. The number of hydrogen-bond donors (Lipinski definition) is 1. The van der Waals surface area contributed by atoms with Crippen LogP contribution in [0.3, 0.4) is 0 Å². The molecule has 2 N–H and O–H groups in total. The molecule has 0 saturated carbocycles. The van der Waals surface area contributed by atoms with E-state index >= 15 is 0 Å². The van der Waals surface area contributed by atoms with Crippen LogP contribution in [0, 0.1) is 6.92 Å². The highest BCUT2D eigenvalue weighted by Crippen LogP contribution is 2.40. The van der Waals surface area contributed by atoms with E-state index in [0.29, 0.717) is 22.9 Å². The number of nitrogen functional groups attached to an aromatic ring is 1. The molecule has 0 aliphatic carbocycles. The molecule has 0 radical (unpaired) electrons. The quantitative estimate of drug-likeness (QED) is 0.739. The summed E-state index contributed by atoms with van der Waals surface area (Å²) >= 11 is 0. The summed E-state index contributed by atoms with van der Waals surface area (Å²) in [5.74, 6) is 2.63. The van der Waals surface area contributed by atoms with Crippen molar-refractivity contribution in [3.63, 3.8) is 0 Å². The lowest BCUT2D eigenvalue weighted by Gasteiger charge is -2.14. The van der Waals surface area contributed by atoms with Gasteiger partial charge in [-0.1, -0.05) is 0 Å². The second-order valence-electron chi connectivity index (χ2n) is 5.12. The fourth-order valence-electron chi connectivity index (χ4n) is 2.39. The van der Waals surface area contributed by atoms with Crippen molar-refractivity contribution in [3.05, 3.63) is 48.2 Å². The Morgan fingerprint density at radius 2 is 1.61 bits per heavy atom. The molecule has 0 aliphatic rings. The number of aromatic nitrogens is 1. The average Bonchev–Trinajstić information content (AvgIpc) is 2.57. The van der Waals surface area contributed by atoms with Gasteiger partial charge in [-0.3, -0.25) is 0 Å². The number of nitrogens with two attached hydrogens (primary N) is 1. The SMILES string of the molecule is COc1ccc(Oc2c(N)cc(OC)c3nc(C)ccc23)cc1. The van der Waals surface area contributed by atoms with Crippen LogP contribution in [-0.4, -0.2) is 19.2 Å². The Labute approximate surface area is 134 Å². The zero-order valence-corrected chi connectivity index (χ0v) is 13.3. The van der Waals surface area contributed by atoms with E-state index in [-0.39, 0.29) is 0 Å². The summed E-state index contributed by atoms with van der Waals surface area (Å²) in [5.41, 5.74) is 8.27. The van der Waals surface area contributed by atoms with Crippen molar-refractivity contribution in [1.82, 2.24) is 4.98 Å². The second kappa shape index (κ2) is 6.04. The number of anilines is 1. The van der Waals surface area contributed by atoms with E-state index in [4.69, 9.17) is 19.9 Å². The maximum absolute atomic E-state index is 6.15. The van der Waals surface area contributed by atoms with Gasteiger partial charge in [0.05, 0.1) is 19.9 Å². The molecule has 0 unspecified atom stereocenters. The third kappa shape index (κ3) is 2.85. The first kappa shape index (κ1) is 15.0. The van der Waals surface area contributed by atoms with Crippen molar-refractivity contribution in [3.8, 4) is 23.0 Å². The normalized spacial score (nSPS) is 10.6. The number of rotatable bonds is 4. The van der Waals surface area contributed by atoms with Crippen molar-refractivity contribution in [1.29, 1.82) is 0 Å². The van der Waals surface area contributed by atoms with Crippen LogP contribution in [0.5, 0.6) is 23.0 Å². The van der Waals surface area contributed by atoms with Crippen LogP contribution in [0.1, 0.15) is 5.69 Å². The van der Waals surface area contributed by atoms with E-state index in [1.807, 2.05) is 43.3 Å². The van der Waals surface area contributed by atoms with Gasteiger partial charge in [0.15, 0.2) is 5.75 Å². The van der Waals surface area contributed by atoms with Crippen LogP contribution in [0.2, 0.25) is 0 Å². The van der Waals surface area contributed by atoms with E-state index in [1.54, 1.807) is 20.3 Å². The molecule has 0 atom stereocenters. The molecular formula is C18H18N2O3. The molecule has 0 aliphatic heterocycles. The van der Waals surface area contributed by atoms with Gasteiger partial charge in [-0.25, -0.2) is 4.98 Å². The minimum Gasteiger partial charge on any atom is -0.497 e. The predicted molar refractivity (Wildman–Crippen MR) is 90.5 cm³/mol. The summed E-state index contributed by atoms with van der Waals surface area (Å²) in [7, 11) is 3.22. The lowest BCUT2D eigenvalue weighted by atomic mass is 10.1. The number of hydrogen-bond acceptors (Lipinski definition) is 5. The molecule has 118 valence electrons. The first-order valence-electron chi connectivity index (χ1n) is 7.18. The fraction of sp³-hybridized carbons (Fsp3) is 0.167. The predicted octanol–water partition coefficient (Wildman–Crippen LogP) is 3.93. The molecular weight excluding hydrogens is 292 g/mol. The fourth-order valence-corrected chi connectivity index (χ4v) is 2.39. The number of methoxy groups -OCH3 is 2. The summed E-state index contributed by atoms with van der Waals surface area (Å²) in [6.45, 7) is 1.93. The third-order valence-corrected chi connectivity index (χ3v) is 3.56. The van der Waals surface area contributed by atoms with Gasteiger partial charge in [0, 0.05) is 17.1 Å². The third-order valence-electron chi connectivity index (χ3n) is 3.56. The Morgan fingerprint density at radius 1 is 0.913 bits per heavy atom. The van der Waals surface area contributed by atoms with Crippen molar-refractivity contribution in [2.24, 2.45) is 0 Å². The number of nitrogens with zero attached hydrogens (tertiary/aromatic N) is 1. The molecule has 5 heteroatoms. The Balaban J connectivity index is 2.10. The lowest BCUT2D eigenvalue weighted by Crippen LogP contribution is -1.98. The number of ether oxygens (including phenoxy) is 3. The van der Waals surface area contributed by atoms with Gasteiger partial charge >= 0.3 is 0 Å². The standard InChI is InChI=1S/C18H18N2O3/c1-11-4-9-14-17(20-11)16(22-3)10-15(19)18(14)23-13-7-5-12(21-2)6-8-13/h4-10H,19H2,1-3H3. The van der Waals surface area contributed by atoms with Gasteiger partial charge in [0.25, 0.3) is 0 Å². The number of fused-ring (bicyclic) bond motifs is 1. The summed E-state index contributed by atoms with van der Waals surface area (Å²) in [6.07, 6.45) is 0. The molecule has 23 heavy (non-hydrogen) atoms. The van der Waals surface area contributed by atoms with Gasteiger partial charge in [0.2, 0.25) is 0 Å². The summed E-state index contributed by atoms with van der Waals surface area (Å²) in [5, 5.41) is 0.809. The molecule has 1 aromatic heterocycles. The number of pyridine rings is 1. The highest BCUT2D eigenvalue weighted by Gasteiger charge is 2.14. The Bertz CT molecular complexity index is 845. The molecule has 5 nitrogen and oxygen atoms in total. The zero-order valence-electron chi connectivity index (χ0n) is 13.3. The minimum atomic E-state index is 0.496. The van der Waals surface area contributed by atoms with Crippen molar-refractivity contribution >= 4 is 16.6 Å². The average molecular weight is 310 g/mol. The van der Waals surface area contributed by atoms with Gasteiger partial charge in [-0.05, 0) is 43.3 Å². The van der Waals surface area contributed by atoms with Crippen molar-refractivity contribution in [2.45, 2.75) is 6.92 Å². The summed E-state index contributed by atoms with van der Waals surface area (Å²) < 4.78 is 16.5. The van der Waals surface area contributed by atoms with Gasteiger partial charge in [-0.15, -0.1) is 0 Å². The first-order chi connectivity index (χ1) is 11.1. The number of benzene rings is 2. The summed E-state index contributed by atoms with van der Waals surface area (Å²) in [6, 6.07) is 12.9. The monoisotopic (exact) mass is 310 g/mol.